The van der Waals surface area contributed by atoms with Gasteiger partial charge in [0.1, 0.15) is 5.75 Å². The first-order valence-electron chi connectivity index (χ1n) is 5.30. The highest BCUT2D eigenvalue weighted by molar-refractivity contribution is 9.11. The monoisotopic (exact) mass is 358 g/mol. The molecule has 0 fully saturated rings. The van der Waals surface area contributed by atoms with E-state index in [2.05, 4.69) is 38.4 Å². The molecule has 0 saturated carbocycles. The van der Waals surface area contributed by atoms with E-state index in [1.165, 1.54) is 0 Å². The van der Waals surface area contributed by atoms with Crippen molar-refractivity contribution in [3.05, 3.63) is 38.8 Å². The van der Waals surface area contributed by atoms with Crippen molar-refractivity contribution < 1.29 is 9.53 Å². The smallest absolute Gasteiger partial charge is 0.170 e. The van der Waals surface area contributed by atoms with Crippen molar-refractivity contribution in [2.24, 2.45) is 5.92 Å². The maximum Gasteiger partial charge on any atom is 0.170 e. The Morgan fingerprint density at radius 1 is 1.53 bits per heavy atom. The van der Waals surface area contributed by atoms with Crippen LogP contribution < -0.4 is 4.74 Å². The predicted octanol–water partition coefficient (Wildman–Crippen LogP) is 4.15. The molecule has 0 heterocycles. The first-order valence-corrected chi connectivity index (χ1v) is 6.88. The lowest BCUT2D eigenvalue weighted by Gasteiger charge is -2.10. The van der Waals surface area contributed by atoms with E-state index in [-0.39, 0.29) is 11.7 Å². The molecule has 17 heavy (non-hydrogen) atoms. The zero-order chi connectivity index (χ0) is 12.6. The highest BCUT2D eigenvalue weighted by Gasteiger charge is 2.35. The summed E-state index contributed by atoms with van der Waals surface area (Å²) in [6, 6.07) is 1.93. The molecular formula is C13H12Br2O2. The number of rotatable bonds is 3. The van der Waals surface area contributed by atoms with Crippen molar-refractivity contribution in [2.75, 3.05) is 7.11 Å². The third-order valence-electron chi connectivity index (χ3n) is 3.01. The van der Waals surface area contributed by atoms with Crippen molar-refractivity contribution in [3.8, 4) is 5.75 Å². The van der Waals surface area contributed by atoms with Crippen LogP contribution in [0.15, 0.2) is 27.7 Å². The second kappa shape index (κ2) is 4.94. The Morgan fingerprint density at radius 2 is 2.24 bits per heavy atom. The van der Waals surface area contributed by atoms with Crippen molar-refractivity contribution in [3.63, 3.8) is 0 Å². The van der Waals surface area contributed by atoms with E-state index in [0.29, 0.717) is 17.7 Å². The summed E-state index contributed by atoms with van der Waals surface area (Å²) in [6.45, 7) is 3.70. The number of benzene rings is 1. The van der Waals surface area contributed by atoms with Crippen molar-refractivity contribution in [2.45, 2.75) is 12.8 Å². The molecule has 0 aromatic heterocycles. The number of carbonyl (C=O) groups excluding carboxylic acids is 1. The predicted molar refractivity (Wildman–Crippen MR) is 74.7 cm³/mol. The zero-order valence-electron chi connectivity index (χ0n) is 9.43. The molecule has 1 aromatic carbocycles. The van der Waals surface area contributed by atoms with Gasteiger partial charge in [0.25, 0.3) is 0 Å². The van der Waals surface area contributed by atoms with Gasteiger partial charge in [-0.3, -0.25) is 4.79 Å². The minimum atomic E-state index is 0.00185. The van der Waals surface area contributed by atoms with Crippen molar-refractivity contribution in [1.29, 1.82) is 0 Å². The molecule has 0 aliphatic heterocycles. The summed E-state index contributed by atoms with van der Waals surface area (Å²) < 4.78 is 7.09. The van der Waals surface area contributed by atoms with Crippen LogP contribution in [0.2, 0.25) is 0 Å². The quantitative estimate of drug-likeness (QED) is 0.757. The molecule has 0 spiro atoms. The van der Waals surface area contributed by atoms with E-state index >= 15 is 0 Å². The largest absolute Gasteiger partial charge is 0.495 e. The SMILES string of the molecule is C=CC[C@H]1Cc2c(Br)cc(Br)c(OC)c2C1=O. The molecule has 1 aromatic rings. The standard InChI is InChI=1S/C13H12Br2O2/c1-3-4-7-5-8-9(14)6-10(15)13(17-2)11(8)12(7)16/h3,6-7H,1,4-5H2,2H3/t7-/m0/s1. The van der Waals surface area contributed by atoms with Gasteiger partial charge in [0.2, 0.25) is 0 Å². The molecule has 0 radical (unpaired) electrons. The fourth-order valence-corrected chi connectivity index (χ4v) is 3.72. The van der Waals surface area contributed by atoms with E-state index in [1.807, 2.05) is 6.07 Å². The Labute approximate surface area is 117 Å². The van der Waals surface area contributed by atoms with Gasteiger partial charge in [-0.05, 0) is 40.4 Å². The molecule has 0 unspecified atom stereocenters. The second-order valence-corrected chi connectivity index (χ2v) is 5.73. The fraction of sp³-hybridized carbons (Fsp3) is 0.308. The van der Waals surface area contributed by atoms with Crippen LogP contribution in [-0.4, -0.2) is 12.9 Å². The molecule has 1 aliphatic rings. The van der Waals surface area contributed by atoms with Crippen LogP contribution in [0.5, 0.6) is 5.75 Å². The normalized spacial score (nSPS) is 18.1. The summed E-state index contributed by atoms with van der Waals surface area (Å²) in [7, 11) is 1.59. The van der Waals surface area contributed by atoms with E-state index < -0.39 is 0 Å². The summed E-state index contributed by atoms with van der Waals surface area (Å²) >= 11 is 6.92. The van der Waals surface area contributed by atoms with E-state index in [1.54, 1.807) is 13.2 Å². The average Bonchev–Trinajstić information content (AvgIpc) is 2.59. The summed E-state index contributed by atoms with van der Waals surface area (Å²) in [5.41, 5.74) is 1.75. The Morgan fingerprint density at radius 3 is 2.82 bits per heavy atom. The molecule has 0 amide bonds. The summed E-state index contributed by atoms with van der Waals surface area (Å²) in [5.74, 6) is 0.792. The molecule has 90 valence electrons. The fourth-order valence-electron chi connectivity index (χ4n) is 2.23. The number of hydrogen-bond donors (Lipinski definition) is 0. The molecule has 1 atom stereocenters. The van der Waals surface area contributed by atoms with Gasteiger partial charge < -0.3 is 4.74 Å². The lowest BCUT2D eigenvalue weighted by Crippen LogP contribution is -2.08. The summed E-state index contributed by atoms with van der Waals surface area (Å²) in [6.07, 6.45) is 3.26. The zero-order valence-corrected chi connectivity index (χ0v) is 12.6. The van der Waals surface area contributed by atoms with E-state index in [0.717, 1.165) is 20.9 Å². The van der Waals surface area contributed by atoms with Crippen LogP contribution in [0.25, 0.3) is 0 Å². The van der Waals surface area contributed by atoms with Crippen molar-refractivity contribution >= 4 is 37.6 Å². The molecular weight excluding hydrogens is 348 g/mol. The third-order valence-corrected chi connectivity index (χ3v) is 4.31. The minimum Gasteiger partial charge on any atom is -0.495 e. The summed E-state index contributed by atoms with van der Waals surface area (Å²) in [4.78, 5) is 12.3. The van der Waals surface area contributed by atoms with Crippen LogP contribution in [0, 0.1) is 5.92 Å². The number of hydrogen-bond acceptors (Lipinski definition) is 2. The number of allylic oxidation sites excluding steroid dienone is 1. The number of Topliss-reactive ketones (excluding diaryl/α,β-unsaturated/α-hetero) is 1. The Kier molecular flexibility index (Phi) is 3.73. The van der Waals surface area contributed by atoms with Crippen LogP contribution in [0.4, 0.5) is 0 Å². The van der Waals surface area contributed by atoms with Gasteiger partial charge in [-0.25, -0.2) is 0 Å². The first-order chi connectivity index (χ1) is 8.10. The molecule has 4 heteroatoms. The van der Waals surface area contributed by atoms with Gasteiger partial charge in [-0.1, -0.05) is 22.0 Å². The average molecular weight is 360 g/mol. The van der Waals surface area contributed by atoms with E-state index in [4.69, 9.17) is 4.74 Å². The van der Waals surface area contributed by atoms with Gasteiger partial charge in [-0.15, -0.1) is 6.58 Å². The molecule has 2 nitrogen and oxygen atoms in total. The number of methoxy groups -OCH3 is 1. The lowest BCUT2D eigenvalue weighted by atomic mass is 10.0. The van der Waals surface area contributed by atoms with E-state index in [9.17, 15) is 4.79 Å². The topological polar surface area (TPSA) is 26.3 Å². The molecule has 2 rings (SSSR count). The maximum atomic E-state index is 12.3. The maximum absolute atomic E-state index is 12.3. The molecule has 0 saturated heterocycles. The van der Waals surface area contributed by atoms with Gasteiger partial charge in [-0.2, -0.15) is 0 Å². The number of ketones is 1. The Hall–Kier alpha value is -0.610. The molecule has 0 bridgehead atoms. The first kappa shape index (κ1) is 12.8. The van der Waals surface area contributed by atoms with Gasteiger partial charge in [0, 0.05) is 10.4 Å². The molecule has 0 N–H and O–H groups in total. The van der Waals surface area contributed by atoms with Gasteiger partial charge in [0.15, 0.2) is 5.78 Å². The van der Waals surface area contributed by atoms with Crippen LogP contribution in [-0.2, 0) is 6.42 Å². The summed E-state index contributed by atoms with van der Waals surface area (Å²) in [5, 5.41) is 0. The lowest BCUT2D eigenvalue weighted by molar-refractivity contribution is 0.0935. The second-order valence-electron chi connectivity index (χ2n) is 4.02. The van der Waals surface area contributed by atoms with Crippen LogP contribution in [0.1, 0.15) is 22.3 Å². The highest BCUT2D eigenvalue weighted by Crippen LogP contribution is 2.43. The molecule has 1 aliphatic carbocycles. The Balaban J connectivity index is 2.57. The Bertz CT molecular complexity index is 495. The van der Waals surface area contributed by atoms with Gasteiger partial charge >= 0.3 is 0 Å². The van der Waals surface area contributed by atoms with Crippen LogP contribution >= 0.6 is 31.9 Å². The third kappa shape index (κ3) is 2.08. The number of carbonyl (C=O) groups is 1. The van der Waals surface area contributed by atoms with Crippen molar-refractivity contribution in [1.82, 2.24) is 0 Å². The number of ether oxygens (including phenoxy) is 1. The number of halogens is 2. The highest BCUT2D eigenvalue weighted by atomic mass is 79.9. The van der Waals surface area contributed by atoms with Crippen LogP contribution in [0.3, 0.4) is 0 Å². The minimum absolute atomic E-state index is 0.00185. The van der Waals surface area contributed by atoms with Gasteiger partial charge in [0.05, 0.1) is 17.1 Å². The number of fused-ring (bicyclic) bond motifs is 1.